The molecule has 0 heterocycles. The van der Waals surface area contributed by atoms with Gasteiger partial charge >= 0.3 is 19.8 Å². The summed E-state index contributed by atoms with van der Waals surface area (Å²) in [4.78, 5) is 35.6. The van der Waals surface area contributed by atoms with E-state index in [0.717, 1.165) is 77.0 Å². The summed E-state index contributed by atoms with van der Waals surface area (Å²) in [7, 11) is -5.14. The third kappa shape index (κ3) is 27.8. The molecule has 0 amide bonds. The number of aliphatic hydroxyl groups is 5. The number of rotatable bonds is 34. The number of carbonyl (C=O) groups is 2. The number of aliphatic hydroxyl groups excluding tert-OH is 5. The number of allylic oxidation sites excluding steroid dienone is 14. The van der Waals surface area contributed by atoms with Crippen LogP contribution in [0.25, 0.3) is 0 Å². The molecule has 60 heavy (non-hydrogen) atoms. The third-order valence-electron chi connectivity index (χ3n) is 9.47. The summed E-state index contributed by atoms with van der Waals surface area (Å²) in [6.45, 7) is 3.06. The van der Waals surface area contributed by atoms with Crippen LogP contribution in [-0.4, -0.2) is 98.3 Å². The van der Waals surface area contributed by atoms with Crippen molar-refractivity contribution in [3.63, 3.8) is 0 Å². The first-order valence-electron chi connectivity index (χ1n) is 21.9. The van der Waals surface area contributed by atoms with E-state index >= 15 is 0 Å². The maximum absolute atomic E-state index is 12.8. The maximum Gasteiger partial charge on any atom is 0.472 e. The third-order valence-corrected chi connectivity index (χ3v) is 10.5. The standard InChI is InChI=1S/C46H75O13P/c1-3-5-7-9-11-13-15-17-19-20-21-23-24-26-28-30-32-34-39(47)56-36-38(37-57-60(54,55)59-46-44(52)42(50)41(49)43(51)45(46)53)58-40(48)35-33-31-29-27-25-22-18-16-14-12-10-8-6-4-2/h5,7,10-13,16-19,21,23,26,28,38,41-46,49-53H,3-4,6,8-9,14-15,20,22,24-25,27,29-37H2,1-2H3,(H,54,55)/b7-5-,12-10-,13-11-,18-16-,19-17-,23-21-,28-26-/t38-,41?,42-,43?,44?,45?,46?/m1/s1. The van der Waals surface area contributed by atoms with Crippen molar-refractivity contribution in [2.45, 2.75) is 179 Å². The molecule has 0 aliphatic heterocycles. The van der Waals surface area contributed by atoms with Gasteiger partial charge in [-0.05, 0) is 77.0 Å². The number of phosphoric ester groups is 1. The van der Waals surface area contributed by atoms with E-state index in [-0.39, 0.29) is 12.8 Å². The zero-order valence-electron chi connectivity index (χ0n) is 36.0. The second kappa shape index (κ2) is 35.6. The van der Waals surface area contributed by atoms with Crippen LogP contribution in [0.5, 0.6) is 0 Å². The molecule has 0 bridgehead atoms. The van der Waals surface area contributed by atoms with Gasteiger partial charge in [-0.1, -0.05) is 131 Å². The molecule has 0 aromatic rings. The molecule has 6 N–H and O–H groups in total. The zero-order chi connectivity index (χ0) is 44.3. The van der Waals surface area contributed by atoms with Gasteiger partial charge in [-0.3, -0.25) is 18.6 Å². The number of hydrogen-bond acceptors (Lipinski definition) is 12. The number of carbonyl (C=O) groups excluding carboxylic acids is 2. The minimum Gasteiger partial charge on any atom is -0.462 e. The second-order valence-corrected chi connectivity index (χ2v) is 16.2. The Balaban J connectivity index is 2.54. The Morgan fingerprint density at radius 2 is 0.967 bits per heavy atom. The lowest BCUT2D eigenvalue weighted by Gasteiger charge is -2.41. The number of esters is 2. The first-order chi connectivity index (χ1) is 28.9. The largest absolute Gasteiger partial charge is 0.472 e. The van der Waals surface area contributed by atoms with E-state index in [1.165, 1.54) is 12.8 Å². The molecule has 1 aliphatic rings. The average Bonchev–Trinajstić information content (AvgIpc) is 3.23. The van der Waals surface area contributed by atoms with Gasteiger partial charge in [-0.15, -0.1) is 0 Å². The van der Waals surface area contributed by atoms with Gasteiger partial charge in [0, 0.05) is 12.8 Å². The molecule has 13 nitrogen and oxygen atoms in total. The molecule has 0 saturated heterocycles. The topological polar surface area (TPSA) is 210 Å². The van der Waals surface area contributed by atoms with E-state index in [1.54, 1.807) is 0 Å². The molecule has 1 fully saturated rings. The zero-order valence-corrected chi connectivity index (χ0v) is 36.9. The molecule has 0 aromatic carbocycles. The smallest absolute Gasteiger partial charge is 0.462 e. The first kappa shape index (κ1) is 55.0. The fraction of sp³-hybridized carbons (Fsp3) is 0.652. The van der Waals surface area contributed by atoms with Gasteiger partial charge in [-0.2, -0.15) is 0 Å². The van der Waals surface area contributed by atoms with Crippen molar-refractivity contribution in [3.8, 4) is 0 Å². The molecule has 1 saturated carbocycles. The lowest BCUT2D eigenvalue weighted by atomic mass is 9.85. The summed E-state index contributed by atoms with van der Waals surface area (Å²) in [5.74, 6) is -1.19. The van der Waals surface area contributed by atoms with Crippen molar-refractivity contribution in [3.05, 3.63) is 85.1 Å². The van der Waals surface area contributed by atoms with E-state index in [9.17, 15) is 44.6 Å². The van der Waals surface area contributed by atoms with Crippen LogP contribution >= 0.6 is 7.82 Å². The molecule has 0 aromatic heterocycles. The summed E-state index contributed by atoms with van der Waals surface area (Å²) in [5.41, 5.74) is 0. The SMILES string of the molecule is CC/C=C\C/C=C\C/C=C\C/C=C\C/C=C\CCCC(=O)OC[C@H](COP(=O)(O)OC1C(O)C(O)C(O)[C@@H](O)C1O)OC(=O)CCCCCCC/C=C\C/C=C\CCCC. The van der Waals surface area contributed by atoms with Crippen molar-refractivity contribution in [2.24, 2.45) is 0 Å². The van der Waals surface area contributed by atoms with Crippen molar-refractivity contribution >= 4 is 19.8 Å². The summed E-state index contributed by atoms with van der Waals surface area (Å²) < 4.78 is 33.4. The molecule has 0 spiro atoms. The predicted octanol–water partition coefficient (Wildman–Crippen LogP) is 8.11. The van der Waals surface area contributed by atoms with Crippen molar-refractivity contribution in [1.29, 1.82) is 0 Å². The van der Waals surface area contributed by atoms with Crippen LogP contribution in [-0.2, 0) is 32.7 Å². The summed E-state index contributed by atoms with van der Waals surface area (Å²) in [5, 5.41) is 50.1. The van der Waals surface area contributed by atoms with E-state index in [2.05, 4.69) is 86.8 Å². The van der Waals surface area contributed by atoms with Gasteiger partial charge in [0.25, 0.3) is 0 Å². The summed E-state index contributed by atoms with van der Waals surface area (Å²) >= 11 is 0. The number of phosphoric acid groups is 1. The molecular formula is C46H75O13P. The molecule has 1 rings (SSSR count). The highest BCUT2D eigenvalue weighted by atomic mass is 31.2. The monoisotopic (exact) mass is 866 g/mol. The van der Waals surface area contributed by atoms with Crippen LogP contribution in [0.1, 0.15) is 136 Å². The Labute approximate surface area is 358 Å². The second-order valence-electron chi connectivity index (χ2n) is 14.8. The summed E-state index contributed by atoms with van der Waals surface area (Å²) in [6.07, 6.45) is 32.2. The van der Waals surface area contributed by atoms with E-state index in [4.69, 9.17) is 18.5 Å². The van der Waals surface area contributed by atoms with Crippen LogP contribution in [0.2, 0.25) is 0 Å². The quantitative estimate of drug-likeness (QED) is 0.0157. The maximum atomic E-state index is 12.8. The van der Waals surface area contributed by atoms with Crippen LogP contribution in [0, 0.1) is 0 Å². The number of hydrogen-bond donors (Lipinski definition) is 6. The normalized spacial score (nSPS) is 23.0. The minimum absolute atomic E-state index is 0.0633. The van der Waals surface area contributed by atoms with E-state index in [0.29, 0.717) is 19.3 Å². The average molecular weight is 867 g/mol. The minimum atomic E-state index is -5.14. The Kier molecular flexibility index (Phi) is 32.7. The fourth-order valence-corrected chi connectivity index (χ4v) is 6.90. The number of unbranched alkanes of at least 4 members (excludes halogenated alkanes) is 8. The molecular weight excluding hydrogens is 791 g/mol. The Morgan fingerprint density at radius 1 is 0.533 bits per heavy atom. The van der Waals surface area contributed by atoms with Crippen molar-refractivity contribution < 1.29 is 63.1 Å². The van der Waals surface area contributed by atoms with Gasteiger partial charge in [0.1, 0.15) is 43.2 Å². The highest BCUT2D eigenvalue weighted by Crippen LogP contribution is 2.47. The van der Waals surface area contributed by atoms with Crippen molar-refractivity contribution in [2.75, 3.05) is 13.2 Å². The van der Waals surface area contributed by atoms with Crippen LogP contribution in [0.4, 0.5) is 0 Å². The lowest BCUT2D eigenvalue weighted by molar-refractivity contribution is -0.220. The van der Waals surface area contributed by atoms with Gasteiger partial charge < -0.3 is 39.9 Å². The molecule has 1 aliphatic carbocycles. The number of ether oxygens (including phenoxy) is 2. The lowest BCUT2D eigenvalue weighted by Crippen LogP contribution is -2.64. The van der Waals surface area contributed by atoms with E-state index in [1.807, 2.05) is 12.2 Å². The van der Waals surface area contributed by atoms with Crippen LogP contribution < -0.4 is 0 Å². The van der Waals surface area contributed by atoms with Crippen LogP contribution in [0.15, 0.2) is 85.1 Å². The Bertz CT molecular complexity index is 1370. The summed E-state index contributed by atoms with van der Waals surface area (Å²) in [6, 6.07) is 0. The Hall–Kier alpha value is -2.97. The van der Waals surface area contributed by atoms with Gasteiger partial charge in [0.15, 0.2) is 6.10 Å². The molecule has 342 valence electrons. The highest BCUT2D eigenvalue weighted by molar-refractivity contribution is 7.47. The molecule has 0 radical (unpaired) electrons. The van der Waals surface area contributed by atoms with Crippen LogP contribution in [0.3, 0.4) is 0 Å². The van der Waals surface area contributed by atoms with Gasteiger partial charge in [0.2, 0.25) is 0 Å². The molecule has 14 heteroatoms. The van der Waals surface area contributed by atoms with E-state index < -0.39 is 75.7 Å². The molecule has 8 atom stereocenters. The first-order valence-corrected chi connectivity index (χ1v) is 23.4. The predicted molar refractivity (Wildman–Crippen MR) is 235 cm³/mol. The Morgan fingerprint density at radius 3 is 1.50 bits per heavy atom. The van der Waals surface area contributed by atoms with Crippen molar-refractivity contribution in [1.82, 2.24) is 0 Å². The molecule has 6 unspecified atom stereocenters. The van der Waals surface area contributed by atoms with Gasteiger partial charge in [0.05, 0.1) is 6.61 Å². The highest BCUT2D eigenvalue weighted by Gasteiger charge is 2.51. The fourth-order valence-electron chi connectivity index (χ4n) is 5.93. The van der Waals surface area contributed by atoms with Gasteiger partial charge in [-0.25, -0.2) is 4.57 Å².